The molecule has 1 unspecified atom stereocenters. The lowest BCUT2D eigenvalue weighted by molar-refractivity contribution is 0.136. The number of ether oxygens (including phenoxy) is 1. The van der Waals surface area contributed by atoms with E-state index >= 15 is 0 Å². The molecule has 102 valence electrons. The Kier molecular flexibility index (Phi) is 4.14. The van der Waals surface area contributed by atoms with Gasteiger partial charge in [-0.1, -0.05) is 24.1 Å². The third-order valence-corrected chi connectivity index (χ3v) is 3.35. The minimum absolute atomic E-state index is 0.0877. The van der Waals surface area contributed by atoms with Crippen molar-refractivity contribution in [3.05, 3.63) is 29.3 Å². The number of hydrogen-bond donors (Lipinski definition) is 2. The smallest absolute Gasteiger partial charge is 0.128 e. The second-order valence-corrected chi connectivity index (χ2v) is 5.47. The Bertz CT molecular complexity index is 511. The van der Waals surface area contributed by atoms with Crippen LogP contribution in [0.5, 0.6) is 5.75 Å². The molecule has 1 atom stereocenters. The van der Waals surface area contributed by atoms with Crippen LogP contribution >= 0.6 is 0 Å². The minimum atomic E-state index is -0.124. The van der Waals surface area contributed by atoms with Crippen LogP contribution in [0.15, 0.2) is 18.2 Å². The quantitative estimate of drug-likeness (QED) is 0.812. The molecule has 0 fully saturated rings. The topological polar surface area (TPSA) is 47.3 Å². The van der Waals surface area contributed by atoms with Crippen LogP contribution in [0.25, 0.3) is 0 Å². The molecule has 3 N–H and O–H groups in total. The summed E-state index contributed by atoms with van der Waals surface area (Å²) in [6.07, 6.45) is 0.947. The molecule has 1 aliphatic heterocycles. The fraction of sp³-hybridized carbons (Fsp3) is 0.500. The second kappa shape index (κ2) is 5.64. The second-order valence-electron chi connectivity index (χ2n) is 5.47. The lowest BCUT2D eigenvalue weighted by atomic mass is 9.98. The van der Waals surface area contributed by atoms with Crippen LogP contribution in [-0.4, -0.2) is 18.7 Å². The van der Waals surface area contributed by atoms with Gasteiger partial charge in [-0.15, -0.1) is 5.92 Å². The maximum atomic E-state index is 6.08. The molecule has 19 heavy (non-hydrogen) atoms. The first kappa shape index (κ1) is 13.9. The highest BCUT2D eigenvalue weighted by atomic mass is 16.5. The van der Waals surface area contributed by atoms with Gasteiger partial charge in [0.05, 0.1) is 6.54 Å². The highest BCUT2D eigenvalue weighted by Gasteiger charge is 2.32. The first-order valence-corrected chi connectivity index (χ1v) is 6.71. The lowest BCUT2D eigenvalue weighted by Gasteiger charge is -2.21. The SMILES string of the molecule is CC#CCNC(CN)c1cccc2c1OC(C)(C)C2. The van der Waals surface area contributed by atoms with Gasteiger partial charge in [-0.3, -0.25) is 5.32 Å². The fourth-order valence-electron chi connectivity index (χ4n) is 2.50. The zero-order valence-electron chi connectivity index (χ0n) is 11.9. The largest absolute Gasteiger partial charge is 0.487 e. The van der Waals surface area contributed by atoms with E-state index in [9.17, 15) is 0 Å². The molecular weight excluding hydrogens is 236 g/mol. The number of para-hydroxylation sites is 1. The van der Waals surface area contributed by atoms with E-state index in [2.05, 4.69) is 49.2 Å². The molecule has 0 amide bonds. The third kappa shape index (κ3) is 3.09. The van der Waals surface area contributed by atoms with Crippen LogP contribution in [0.1, 0.15) is 37.9 Å². The zero-order chi connectivity index (χ0) is 13.9. The van der Waals surface area contributed by atoms with Crippen molar-refractivity contribution in [2.45, 2.75) is 38.8 Å². The standard InChI is InChI=1S/C16H22N2O/c1-4-5-9-18-14(11-17)13-8-6-7-12-10-16(2,3)19-15(12)13/h6-8,14,18H,9-11,17H2,1-3H3. The van der Waals surface area contributed by atoms with Gasteiger partial charge in [-0.05, 0) is 26.3 Å². The molecule has 1 heterocycles. The molecule has 0 spiro atoms. The van der Waals surface area contributed by atoms with Gasteiger partial charge in [-0.25, -0.2) is 0 Å². The lowest BCUT2D eigenvalue weighted by Crippen LogP contribution is -2.29. The van der Waals surface area contributed by atoms with E-state index in [1.54, 1.807) is 0 Å². The molecule has 0 bridgehead atoms. The summed E-state index contributed by atoms with van der Waals surface area (Å²) >= 11 is 0. The van der Waals surface area contributed by atoms with E-state index in [4.69, 9.17) is 10.5 Å². The van der Waals surface area contributed by atoms with E-state index in [1.165, 1.54) is 5.56 Å². The summed E-state index contributed by atoms with van der Waals surface area (Å²) < 4.78 is 6.08. The predicted octanol–water partition coefficient (Wildman–Crippen LogP) is 2.01. The van der Waals surface area contributed by atoms with Crippen molar-refractivity contribution >= 4 is 0 Å². The Morgan fingerprint density at radius 2 is 2.26 bits per heavy atom. The number of nitrogens with two attached hydrogens (primary N) is 1. The van der Waals surface area contributed by atoms with Crippen LogP contribution in [0.4, 0.5) is 0 Å². The van der Waals surface area contributed by atoms with E-state index < -0.39 is 0 Å². The summed E-state index contributed by atoms with van der Waals surface area (Å²) in [4.78, 5) is 0. The van der Waals surface area contributed by atoms with E-state index in [-0.39, 0.29) is 11.6 Å². The molecule has 0 aliphatic carbocycles. The maximum absolute atomic E-state index is 6.08. The maximum Gasteiger partial charge on any atom is 0.128 e. The van der Waals surface area contributed by atoms with Crippen LogP contribution in [0, 0.1) is 11.8 Å². The molecule has 0 saturated heterocycles. The number of fused-ring (bicyclic) bond motifs is 1. The minimum Gasteiger partial charge on any atom is -0.487 e. The summed E-state index contributed by atoms with van der Waals surface area (Å²) in [5.41, 5.74) is 8.17. The molecule has 0 aromatic heterocycles. The molecule has 0 saturated carbocycles. The Balaban J connectivity index is 2.24. The Morgan fingerprint density at radius 1 is 1.47 bits per heavy atom. The average molecular weight is 258 g/mol. The van der Waals surface area contributed by atoms with Gasteiger partial charge in [0, 0.05) is 24.6 Å². The van der Waals surface area contributed by atoms with Crippen molar-refractivity contribution in [2.24, 2.45) is 5.73 Å². The molecule has 0 radical (unpaired) electrons. The molecule has 1 aromatic carbocycles. The number of nitrogens with one attached hydrogen (secondary N) is 1. The Hall–Kier alpha value is -1.50. The van der Waals surface area contributed by atoms with Gasteiger partial charge in [0.25, 0.3) is 0 Å². The van der Waals surface area contributed by atoms with Gasteiger partial charge in [-0.2, -0.15) is 0 Å². The first-order valence-electron chi connectivity index (χ1n) is 6.71. The average Bonchev–Trinajstić information content (AvgIpc) is 2.69. The van der Waals surface area contributed by atoms with Gasteiger partial charge in [0.15, 0.2) is 0 Å². The monoisotopic (exact) mass is 258 g/mol. The van der Waals surface area contributed by atoms with Crippen molar-refractivity contribution < 1.29 is 4.74 Å². The van der Waals surface area contributed by atoms with Crippen molar-refractivity contribution in [1.82, 2.24) is 5.32 Å². The van der Waals surface area contributed by atoms with Crippen LogP contribution in [0.3, 0.4) is 0 Å². The van der Waals surface area contributed by atoms with Crippen molar-refractivity contribution in [3.8, 4) is 17.6 Å². The van der Waals surface area contributed by atoms with E-state index in [0.717, 1.165) is 17.7 Å². The summed E-state index contributed by atoms with van der Waals surface area (Å²) in [5.74, 6) is 6.89. The summed E-state index contributed by atoms with van der Waals surface area (Å²) in [5, 5.41) is 3.37. The number of benzene rings is 1. The molecular formula is C16H22N2O. The van der Waals surface area contributed by atoms with Crippen LogP contribution in [0.2, 0.25) is 0 Å². The number of rotatable bonds is 4. The van der Waals surface area contributed by atoms with Crippen molar-refractivity contribution in [1.29, 1.82) is 0 Å². The summed E-state index contributed by atoms with van der Waals surface area (Å²) in [7, 11) is 0. The fourth-order valence-corrected chi connectivity index (χ4v) is 2.50. The van der Waals surface area contributed by atoms with E-state index in [1.807, 2.05) is 6.92 Å². The predicted molar refractivity (Wildman–Crippen MR) is 78.1 cm³/mol. The molecule has 1 aromatic rings. The van der Waals surface area contributed by atoms with Gasteiger partial charge in [0.1, 0.15) is 11.4 Å². The van der Waals surface area contributed by atoms with Gasteiger partial charge >= 0.3 is 0 Å². The van der Waals surface area contributed by atoms with Crippen LogP contribution < -0.4 is 15.8 Å². The highest BCUT2D eigenvalue weighted by molar-refractivity contribution is 5.47. The normalized spacial score (nSPS) is 17.1. The van der Waals surface area contributed by atoms with Crippen molar-refractivity contribution in [2.75, 3.05) is 13.1 Å². The van der Waals surface area contributed by atoms with E-state index in [0.29, 0.717) is 13.1 Å². The molecule has 3 nitrogen and oxygen atoms in total. The van der Waals surface area contributed by atoms with Crippen molar-refractivity contribution in [3.63, 3.8) is 0 Å². The number of hydrogen-bond acceptors (Lipinski definition) is 3. The Labute approximate surface area is 115 Å². The van der Waals surface area contributed by atoms with Gasteiger partial charge < -0.3 is 10.5 Å². The summed E-state index contributed by atoms with van der Waals surface area (Å²) in [6.45, 7) is 7.25. The highest BCUT2D eigenvalue weighted by Crippen LogP contribution is 2.39. The summed E-state index contributed by atoms with van der Waals surface area (Å²) in [6, 6.07) is 6.39. The Morgan fingerprint density at radius 3 is 2.95 bits per heavy atom. The molecule has 2 rings (SSSR count). The molecule has 1 aliphatic rings. The van der Waals surface area contributed by atoms with Gasteiger partial charge in [0.2, 0.25) is 0 Å². The zero-order valence-corrected chi connectivity index (χ0v) is 11.9. The first-order chi connectivity index (χ1) is 9.07. The third-order valence-electron chi connectivity index (χ3n) is 3.35. The van der Waals surface area contributed by atoms with Crippen LogP contribution in [-0.2, 0) is 6.42 Å². The molecule has 3 heteroatoms.